The Balaban J connectivity index is 3.01. The zero-order chi connectivity index (χ0) is 20.5. The zero-order valence-electron chi connectivity index (χ0n) is 18.2. The second-order valence-electron chi connectivity index (χ2n) is 10.6. The van der Waals surface area contributed by atoms with Gasteiger partial charge in [0.15, 0.2) is 0 Å². The van der Waals surface area contributed by atoms with Gasteiger partial charge < -0.3 is 9.47 Å². The third kappa shape index (κ3) is 2.13. The Labute approximate surface area is 158 Å². The molecule has 2 aliphatic carbocycles. The van der Waals surface area contributed by atoms with E-state index in [4.69, 9.17) is 9.47 Å². The largest absolute Gasteiger partial charge is 0.468 e. The van der Waals surface area contributed by atoms with Gasteiger partial charge in [0, 0.05) is 0 Å². The van der Waals surface area contributed by atoms with Crippen LogP contribution in [0.25, 0.3) is 0 Å². The van der Waals surface area contributed by atoms with Crippen LogP contribution in [0.4, 0.5) is 0 Å². The summed E-state index contributed by atoms with van der Waals surface area (Å²) in [4.78, 5) is 26.1. The van der Waals surface area contributed by atoms with Crippen molar-refractivity contribution in [3.63, 3.8) is 0 Å². The van der Waals surface area contributed by atoms with Crippen LogP contribution in [-0.4, -0.2) is 26.2 Å². The van der Waals surface area contributed by atoms with E-state index in [0.717, 1.165) is 11.1 Å². The molecule has 146 valence electrons. The van der Waals surface area contributed by atoms with E-state index in [-0.39, 0.29) is 28.2 Å². The van der Waals surface area contributed by atoms with Crippen LogP contribution in [0.15, 0.2) is 22.8 Å². The molecule has 0 saturated carbocycles. The van der Waals surface area contributed by atoms with Crippen molar-refractivity contribution in [2.45, 2.75) is 62.3 Å². The molecule has 0 amide bonds. The molecule has 26 heavy (non-hydrogen) atoms. The van der Waals surface area contributed by atoms with Gasteiger partial charge in [-0.2, -0.15) is 0 Å². The molecule has 0 heterocycles. The van der Waals surface area contributed by atoms with Crippen molar-refractivity contribution >= 4 is 11.9 Å². The van der Waals surface area contributed by atoms with Gasteiger partial charge >= 0.3 is 11.9 Å². The third-order valence-electron chi connectivity index (χ3n) is 5.96. The fourth-order valence-electron chi connectivity index (χ4n) is 5.43. The first-order chi connectivity index (χ1) is 11.5. The summed E-state index contributed by atoms with van der Waals surface area (Å²) in [7, 11) is 2.83. The summed E-state index contributed by atoms with van der Waals surface area (Å²) in [5, 5.41) is 0. The highest BCUT2D eigenvalue weighted by molar-refractivity contribution is 6.06. The van der Waals surface area contributed by atoms with Gasteiger partial charge in [0.25, 0.3) is 0 Å². The van der Waals surface area contributed by atoms with E-state index in [1.807, 2.05) is 20.8 Å². The van der Waals surface area contributed by atoms with Crippen molar-refractivity contribution in [1.29, 1.82) is 0 Å². The molecule has 4 nitrogen and oxygen atoms in total. The summed E-state index contributed by atoms with van der Waals surface area (Å²) in [5.41, 5.74) is 0.0167. The molecule has 2 aliphatic rings. The number of carbonyl (C=O) groups excluding carboxylic acids is 2. The normalized spacial score (nSPS) is 28.5. The van der Waals surface area contributed by atoms with E-state index in [2.05, 4.69) is 47.6 Å². The molecule has 2 atom stereocenters. The molecule has 0 fully saturated rings. The molecule has 0 spiro atoms. The van der Waals surface area contributed by atoms with Crippen LogP contribution in [-0.2, 0) is 19.1 Å². The van der Waals surface area contributed by atoms with Crippen LogP contribution in [0.5, 0.6) is 0 Å². The zero-order valence-corrected chi connectivity index (χ0v) is 18.2. The van der Waals surface area contributed by atoms with Gasteiger partial charge in [-0.3, -0.25) is 4.79 Å². The first-order valence-corrected chi connectivity index (χ1v) is 9.21. The standard InChI is InChI=1S/C22H34O4/c1-18(2,3)13-12-21(17(24)26-11)15(19(4,5)6)14(16(23)25-10)22(13,21)20(7,8)9/h12H,1-11H3/t21-,22+/m1/s1. The number of allylic oxidation sites excluding steroid dienone is 1. The minimum atomic E-state index is -0.912. The van der Waals surface area contributed by atoms with E-state index in [1.54, 1.807) is 0 Å². The second kappa shape index (κ2) is 5.46. The lowest BCUT2D eigenvalue weighted by atomic mass is 9.27. The molecule has 0 aromatic carbocycles. The minimum absolute atomic E-state index is 0.187. The van der Waals surface area contributed by atoms with Crippen molar-refractivity contribution in [1.82, 2.24) is 0 Å². The lowest BCUT2D eigenvalue weighted by Crippen LogP contribution is -2.73. The molecule has 0 saturated heterocycles. The lowest BCUT2D eigenvalue weighted by molar-refractivity contribution is -0.170. The van der Waals surface area contributed by atoms with Crippen molar-refractivity contribution in [2.75, 3.05) is 14.2 Å². The van der Waals surface area contributed by atoms with Crippen LogP contribution in [0.3, 0.4) is 0 Å². The van der Waals surface area contributed by atoms with E-state index < -0.39 is 10.8 Å². The molecular formula is C22H34O4. The number of hydrogen-bond acceptors (Lipinski definition) is 4. The van der Waals surface area contributed by atoms with E-state index >= 15 is 0 Å². The number of hydrogen-bond donors (Lipinski definition) is 0. The average Bonchev–Trinajstić information content (AvgIpc) is 2.42. The van der Waals surface area contributed by atoms with Gasteiger partial charge in [0.2, 0.25) is 0 Å². The molecule has 0 N–H and O–H groups in total. The molecule has 0 aromatic heterocycles. The monoisotopic (exact) mass is 362 g/mol. The SMILES string of the molecule is COC(=O)C1=C(C(C)(C)C)[C@@]2(C(=O)OC)C=C(C(C)(C)C)[C@@]12C(C)(C)C. The van der Waals surface area contributed by atoms with Crippen LogP contribution in [0, 0.1) is 27.1 Å². The maximum atomic E-state index is 13.2. The van der Waals surface area contributed by atoms with Crippen molar-refractivity contribution < 1.29 is 19.1 Å². The number of rotatable bonds is 2. The Morgan fingerprint density at radius 3 is 1.65 bits per heavy atom. The summed E-state index contributed by atoms with van der Waals surface area (Å²) < 4.78 is 10.5. The smallest absolute Gasteiger partial charge is 0.334 e. The Morgan fingerprint density at radius 1 is 0.846 bits per heavy atom. The first kappa shape index (κ1) is 20.7. The summed E-state index contributed by atoms with van der Waals surface area (Å²) in [6.45, 7) is 18.7. The molecule has 0 radical (unpaired) electrons. The van der Waals surface area contributed by atoms with Gasteiger partial charge in [-0.1, -0.05) is 74.0 Å². The minimum Gasteiger partial charge on any atom is -0.468 e. The fourth-order valence-corrected chi connectivity index (χ4v) is 5.43. The Bertz CT molecular complexity index is 719. The highest BCUT2D eigenvalue weighted by Crippen LogP contribution is 2.82. The molecule has 2 rings (SSSR count). The number of carbonyl (C=O) groups is 2. The maximum absolute atomic E-state index is 13.2. The predicted octanol–water partition coefficient (Wildman–Crippen LogP) is 4.69. The highest BCUT2D eigenvalue weighted by atomic mass is 16.5. The van der Waals surface area contributed by atoms with Crippen LogP contribution in [0.2, 0.25) is 0 Å². The topological polar surface area (TPSA) is 52.6 Å². The van der Waals surface area contributed by atoms with Crippen LogP contribution >= 0.6 is 0 Å². The summed E-state index contributed by atoms with van der Waals surface area (Å²) in [6, 6.07) is 0. The van der Waals surface area contributed by atoms with Crippen molar-refractivity contribution in [2.24, 2.45) is 27.1 Å². The molecule has 0 bridgehead atoms. The van der Waals surface area contributed by atoms with Gasteiger partial charge in [0.05, 0.1) is 25.2 Å². The molecule has 0 unspecified atom stereocenters. The van der Waals surface area contributed by atoms with Gasteiger partial charge in [0.1, 0.15) is 5.41 Å². The van der Waals surface area contributed by atoms with Crippen molar-refractivity contribution in [3.05, 3.63) is 22.8 Å². The number of esters is 2. The fraction of sp³-hybridized carbons (Fsp3) is 0.727. The lowest BCUT2D eigenvalue weighted by Gasteiger charge is -2.73. The van der Waals surface area contributed by atoms with Crippen LogP contribution < -0.4 is 0 Å². The first-order valence-electron chi connectivity index (χ1n) is 9.21. The molecule has 0 aliphatic heterocycles. The summed E-state index contributed by atoms with van der Waals surface area (Å²) in [5.74, 6) is -0.641. The Hall–Kier alpha value is -1.58. The Morgan fingerprint density at radius 2 is 1.35 bits per heavy atom. The summed E-state index contributed by atoms with van der Waals surface area (Å²) in [6.07, 6.45) is 2.05. The third-order valence-corrected chi connectivity index (χ3v) is 5.96. The van der Waals surface area contributed by atoms with E-state index in [9.17, 15) is 9.59 Å². The van der Waals surface area contributed by atoms with Crippen molar-refractivity contribution in [3.8, 4) is 0 Å². The van der Waals surface area contributed by atoms with Gasteiger partial charge in [-0.15, -0.1) is 0 Å². The molecule has 0 aromatic rings. The average molecular weight is 363 g/mol. The second-order valence-corrected chi connectivity index (χ2v) is 10.6. The molecular weight excluding hydrogens is 328 g/mol. The number of fused-ring (bicyclic) bond motifs is 1. The number of methoxy groups -OCH3 is 2. The Kier molecular flexibility index (Phi) is 4.36. The van der Waals surface area contributed by atoms with E-state index in [1.165, 1.54) is 14.2 Å². The maximum Gasteiger partial charge on any atom is 0.334 e. The number of ether oxygens (including phenoxy) is 2. The summed E-state index contributed by atoms with van der Waals surface area (Å²) >= 11 is 0. The van der Waals surface area contributed by atoms with Crippen LogP contribution in [0.1, 0.15) is 62.3 Å². The highest BCUT2D eigenvalue weighted by Gasteiger charge is 2.82. The molecule has 4 heteroatoms. The predicted molar refractivity (Wildman–Crippen MR) is 102 cm³/mol. The van der Waals surface area contributed by atoms with E-state index in [0.29, 0.717) is 5.57 Å². The van der Waals surface area contributed by atoms with Gasteiger partial charge in [-0.05, 0) is 21.8 Å². The quantitative estimate of drug-likeness (QED) is 0.528. The van der Waals surface area contributed by atoms with Gasteiger partial charge in [-0.25, -0.2) is 4.79 Å².